The molecule has 0 aliphatic carbocycles. The number of nitrogens with zero attached hydrogens (tertiary/aromatic N) is 5. The molecule has 3 N–H and O–H groups in total. The van der Waals surface area contributed by atoms with Gasteiger partial charge in [0.05, 0.1) is 10.9 Å². The number of aryl methyl sites for hydroxylation is 1. The lowest BCUT2D eigenvalue weighted by Gasteiger charge is -2.19. The summed E-state index contributed by atoms with van der Waals surface area (Å²) in [7, 11) is 0. The molecule has 0 saturated heterocycles. The van der Waals surface area contributed by atoms with Gasteiger partial charge in [0.2, 0.25) is 5.91 Å². The highest BCUT2D eigenvalue weighted by Gasteiger charge is 2.57. The van der Waals surface area contributed by atoms with Gasteiger partial charge in [0, 0.05) is 19.2 Å². The van der Waals surface area contributed by atoms with Crippen LogP contribution in [0.3, 0.4) is 0 Å². The van der Waals surface area contributed by atoms with Crippen LogP contribution in [0.15, 0.2) is 18.3 Å². The van der Waals surface area contributed by atoms with E-state index < -0.39 is 60.3 Å². The van der Waals surface area contributed by atoms with Gasteiger partial charge in [0.15, 0.2) is 17.4 Å². The van der Waals surface area contributed by atoms with Crippen LogP contribution < -0.4 is 11.1 Å². The lowest BCUT2D eigenvalue weighted by Crippen LogP contribution is -2.37. The lowest BCUT2D eigenvalue weighted by molar-refractivity contribution is -0.285. The van der Waals surface area contributed by atoms with Crippen LogP contribution in [-0.2, 0) is 11.3 Å². The predicted molar refractivity (Wildman–Crippen MR) is 96.0 cm³/mol. The molecule has 0 spiro atoms. The first-order chi connectivity index (χ1) is 15.2. The van der Waals surface area contributed by atoms with Gasteiger partial charge in [0.1, 0.15) is 17.3 Å². The Morgan fingerprint density at radius 3 is 2.42 bits per heavy atom. The number of alkyl halides is 8. The number of halogens is 8. The molecule has 0 saturated carbocycles. The van der Waals surface area contributed by atoms with Crippen LogP contribution in [0, 0.1) is 0 Å². The maximum atomic E-state index is 13.4. The third-order valence-corrected chi connectivity index (χ3v) is 4.87. The third kappa shape index (κ3) is 3.78. The Morgan fingerprint density at radius 1 is 1.09 bits per heavy atom. The molecule has 16 heteroatoms. The molecule has 1 amide bonds. The molecule has 33 heavy (non-hydrogen) atoms. The number of aromatic nitrogens is 5. The average Bonchev–Trinajstić information content (AvgIpc) is 3.23. The van der Waals surface area contributed by atoms with Crippen molar-refractivity contribution in [3.05, 3.63) is 23.9 Å². The Morgan fingerprint density at radius 2 is 1.79 bits per heavy atom. The van der Waals surface area contributed by atoms with Crippen molar-refractivity contribution in [2.24, 2.45) is 0 Å². The summed E-state index contributed by atoms with van der Waals surface area (Å²) in [4.78, 5) is 23.3. The van der Waals surface area contributed by atoms with Crippen LogP contribution in [0.5, 0.6) is 0 Å². The van der Waals surface area contributed by atoms with Crippen molar-refractivity contribution in [2.45, 2.75) is 37.2 Å². The van der Waals surface area contributed by atoms with E-state index in [4.69, 9.17) is 5.73 Å². The number of carbonyl (C=O) groups excluding carboxylic acids is 1. The van der Waals surface area contributed by atoms with Crippen molar-refractivity contribution in [3.63, 3.8) is 0 Å². The van der Waals surface area contributed by atoms with E-state index in [1.165, 1.54) is 18.3 Å². The molecule has 0 aromatic carbocycles. The number of nitrogen functional groups attached to an aromatic ring is 1. The van der Waals surface area contributed by atoms with E-state index in [2.05, 4.69) is 20.1 Å². The summed E-state index contributed by atoms with van der Waals surface area (Å²) in [6.07, 6.45) is -11.1. The third-order valence-electron chi connectivity index (χ3n) is 4.87. The molecule has 8 nitrogen and oxygen atoms in total. The van der Waals surface area contributed by atoms with Crippen molar-refractivity contribution in [2.75, 3.05) is 11.1 Å². The summed E-state index contributed by atoms with van der Waals surface area (Å²) in [5.74, 6) is -10.6. The van der Waals surface area contributed by atoms with Crippen LogP contribution >= 0.6 is 0 Å². The molecule has 1 aliphatic heterocycles. The number of carbonyl (C=O) groups is 1. The van der Waals surface area contributed by atoms with Crippen LogP contribution in [0.1, 0.15) is 17.9 Å². The molecular formula is C17H11F8N7O. The fourth-order valence-corrected chi connectivity index (χ4v) is 3.32. The first-order valence-corrected chi connectivity index (χ1v) is 9.02. The number of anilines is 2. The summed E-state index contributed by atoms with van der Waals surface area (Å²) >= 11 is 0. The zero-order valence-corrected chi connectivity index (χ0v) is 16.0. The Hall–Kier alpha value is -3.59. The number of nitrogens with two attached hydrogens (primary N) is 1. The Labute approximate surface area is 177 Å². The highest BCUT2D eigenvalue weighted by Crippen LogP contribution is 2.45. The van der Waals surface area contributed by atoms with Crippen LogP contribution in [0.25, 0.3) is 22.6 Å². The van der Waals surface area contributed by atoms with Crippen molar-refractivity contribution >= 4 is 28.6 Å². The molecule has 0 fully saturated rings. The SMILES string of the molecule is Nc1nc(-c2nn(CCC(F)(F)C(F)(F)F)c3ncccc23)nc2c1C(C(F)(F)F)C(=O)N2. The fraction of sp³-hybridized carbons (Fsp3) is 0.353. The fourth-order valence-electron chi connectivity index (χ4n) is 3.32. The number of fused-ring (bicyclic) bond motifs is 2. The lowest BCUT2D eigenvalue weighted by atomic mass is 10.0. The zero-order valence-electron chi connectivity index (χ0n) is 16.0. The van der Waals surface area contributed by atoms with E-state index in [0.717, 1.165) is 4.68 Å². The number of hydrogen-bond acceptors (Lipinski definition) is 6. The number of nitrogens with one attached hydrogen (secondary N) is 1. The summed E-state index contributed by atoms with van der Waals surface area (Å²) in [6, 6.07) is 2.79. The van der Waals surface area contributed by atoms with Crippen molar-refractivity contribution in [3.8, 4) is 11.5 Å². The summed E-state index contributed by atoms with van der Waals surface area (Å²) < 4.78 is 105. The first-order valence-electron chi connectivity index (χ1n) is 9.02. The summed E-state index contributed by atoms with van der Waals surface area (Å²) in [5, 5.41) is 6.01. The molecule has 4 heterocycles. The van der Waals surface area contributed by atoms with Gasteiger partial charge >= 0.3 is 18.3 Å². The van der Waals surface area contributed by atoms with Gasteiger partial charge < -0.3 is 11.1 Å². The average molecular weight is 481 g/mol. The highest BCUT2D eigenvalue weighted by molar-refractivity contribution is 6.04. The van der Waals surface area contributed by atoms with E-state index in [1.807, 2.05) is 5.32 Å². The molecule has 4 rings (SSSR count). The second kappa shape index (κ2) is 7.21. The van der Waals surface area contributed by atoms with E-state index in [0.29, 0.717) is 0 Å². The smallest absolute Gasteiger partial charge is 0.383 e. The largest absolute Gasteiger partial charge is 0.453 e. The zero-order chi connectivity index (χ0) is 24.3. The molecule has 3 aromatic heterocycles. The van der Waals surface area contributed by atoms with E-state index >= 15 is 0 Å². The van der Waals surface area contributed by atoms with Gasteiger partial charge in [-0.1, -0.05) is 0 Å². The minimum Gasteiger partial charge on any atom is -0.383 e. The van der Waals surface area contributed by atoms with Gasteiger partial charge in [-0.2, -0.15) is 40.2 Å². The Bertz CT molecular complexity index is 1250. The Balaban J connectivity index is 1.77. The standard InChI is InChI=1S/C17H11F8N7O/c18-15(19,17(23,24)25)3-5-32-13-6(2-1-4-27-13)9(31-32)12-28-10(26)7-8(16(20,21)22)14(33)30-11(7)29-12/h1-2,4,8H,3,5H2,(H3,26,28,29,30,33). The molecular weight excluding hydrogens is 470 g/mol. The first kappa shape index (κ1) is 22.6. The summed E-state index contributed by atoms with van der Waals surface area (Å²) in [5.41, 5.74) is 4.70. The molecule has 176 valence electrons. The molecule has 3 aromatic rings. The Kier molecular flexibility index (Phi) is 4.94. The van der Waals surface area contributed by atoms with Gasteiger partial charge in [-0.25, -0.2) is 19.6 Å². The van der Waals surface area contributed by atoms with Gasteiger partial charge in [-0.15, -0.1) is 0 Å². The number of pyridine rings is 1. The number of hydrogen-bond donors (Lipinski definition) is 2. The van der Waals surface area contributed by atoms with Crippen LogP contribution in [-0.4, -0.2) is 48.9 Å². The molecule has 1 aliphatic rings. The van der Waals surface area contributed by atoms with Crippen molar-refractivity contribution in [1.29, 1.82) is 0 Å². The monoisotopic (exact) mass is 481 g/mol. The van der Waals surface area contributed by atoms with E-state index in [1.54, 1.807) is 0 Å². The molecule has 0 bridgehead atoms. The molecule has 1 unspecified atom stereocenters. The second-order valence-electron chi connectivity index (χ2n) is 7.06. The molecule has 0 radical (unpaired) electrons. The van der Waals surface area contributed by atoms with Crippen LogP contribution in [0.4, 0.5) is 46.8 Å². The quantitative estimate of drug-likeness (QED) is 0.551. The number of rotatable bonds is 4. The minimum absolute atomic E-state index is 0.0923. The maximum absolute atomic E-state index is 13.4. The second-order valence-corrected chi connectivity index (χ2v) is 7.06. The van der Waals surface area contributed by atoms with Crippen molar-refractivity contribution in [1.82, 2.24) is 24.7 Å². The van der Waals surface area contributed by atoms with Crippen LogP contribution in [0.2, 0.25) is 0 Å². The highest BCUT2D eigenvalue weighted by atomic mass is 19.4. The van der Waals surface area contributed by atoms with Gasteiger partial charge in [-0.05, 0) is 12.1 Å². The minimum atomic E-state index is -5.77. The van der Waals surface area contributed by atoms with E-state index in [-0.39, 0.29) is 22.6 Å². The topological polar surface area (TPSA) is 112 Å². The van der Waals surface area contributed by atoms with E-state index in [9.17, 15) is 39.9 Å². The number of amides is 1. The predicted octanol–water partition coefficient (Wildman–Crippen LogP) is 3.66. The van der Waals surface area contributed by atoms with Gasteiger partial charge in [0.25, 0.3) is 0 Å². The van der Waals surface area contributed by atoms with Crippen molar-refractivity contribution < 1.29 is 39.9 Å². The summed E-state index contributed by atoms with van der Waals surface area (Å²) in [6.45, 7) is -0.896. The molecule has 1 atom stereocenters. The maximum Gasteiger partial charge on any atom is 0.453 e. The normalized spacial score (nSPS) is 16.8. The van der Waals surface area contributed by atoms with Gasteiger partial charge in [-0.3, -0.25) is 4.79 Å².